The number of aliphatic hydroxyl groups is 1. The van der Waals surface area contributed by atoms with Crippen molar-refractivity contribution >= 4 is 11.6 Å². The van der Waals surface area contributed by atoms with Gasteiger partial charge in [0.2, 0.25) is 0 Å². The Labute approximate surface area is 85.5 Å². The Morgan fingerprint density at radius 3 is 1.86 bits per heavy atom. The molecule has 1 N–H and O–H groups in total. The van der Waals surface area contributed by atoms with Crippen molar-refractivity contribution in [2.45, 2.75) is 51.9 Å². The molecule has 0 radical (unpaired) electrons. The number of hydrogen-bond acceptors (Lipinski definition) is 3. The van der Waals surface area contributed by atoms with Crippen LogP contribution >= 0.6 is 0 Å². The average Bonchev–Trinajstić information content (AvgIpc) is 2.13. The maximum atomic E-state index is 11.1. The Morgan fingerprint density at radius 2 is 1.43 bits per heavy atom. The Hall–Kier alpha value is -0.700. The van der Waals surface area contributed by atoms with Crippen LogP contribution in [0.5, 0.6) is 0 Å². The summed E-state index contributed by atoms with van der Waals surface area (Å²) in [5, 5.41) is 8.48. The van der Waals surface area contributed by atoms with Gasteiger partial charge in [0.05, 0.1) is 0 Å². The molecule has 0 spiro atoms. The third-order valence-corrected chi connectivity index (χ3v) is 2.08. The average molecular weight is 200 g/mol. The SMILES string of the molecule is CCCC(=O)CCCCC(=O)CCO. The van der Waals surface area contributed by atoms with E-state index < -0.39 is 0 Å². The largest absolute Gasteiger partial charge is 0.396 e. The zero-order valence-corrected chi connectivity index (χ0v) is 8.92. The smallest absolute Gasteiger partial charge is 0.135 e. The molecule has 0 aliphatic heterocycles. The summed E-state index contributed by atoms with van der Waals surface area (Å²) >= 11 is 0. The number of unbranched alkanes of at least 4 members (excludes halogenated alkanes) is 1. The van der Waals surface area contributed by atoms with Crippen LogP contribution in [0.15, 0.2) is 0 Å². The summed E-state index contributed by atoms with van der Waals surface area (Å²) in [6.07, 6.45) is 4.49. The van der Waals surface area contributed by atoms with Crippen molar-refractivity contribution in [1.29, 1.82) is 0 Å². The van der Waals surface area contributed by atoms with Gasteiger partial charge in [-0.25, -0.2) is 0 Å². The summed E-state index contributed by atoms with van der Waals surface area (Å²) < 4.78 is 0. The van der Waals surface area contributed by atoms with Gasteiger partial charge in [0.25, 0.3) is 0 Å². The van der Waals surface area contributed by atoms with Crippen molar-refractivity contribution in [2.24, 2.45) is 0 Å². The van der Waals surface area contributed by atoms with Crippen LogP contribution in [0.2, 0.25) is 0 Å². The van der Waals surface area contributed by atoms with E-state index in [9.17, 15) is 9.59 Å². The fourth-order valence-corrected chi connectivity index (χ4v) is 1.30. The van der Waals surface area contributed by atoms with Crippen LogP contribution in [-0.4, -0.2) is 23.3 Å². The highest BCUT2D eigenvalue weighted by Gasteiger charge is 2.03. The number of hydrogen-bond donors (Lipinski definition) is 1. The monoisotopic (exact) mass is 200 g/mol. The lowest BCUT2D eigenvalue weighted by molar-refractivity contribution is -0.121. The highest BCUT2D eigenvalue weighted by atomic mass is 16.3. The summed E-state index contributed by atoms with van der Waals surface area (Å²) in [5.74, 6) is 0.387. The van der Waals surface area contributed by atoms with E-state index in [1.165, 1.54) is 0 Å². The molecule has 0 saturated carbocycles. The molecule has 0 rings (SSSR count). The van der Waals surface area contributed by atoms with Crippen LogP contribution < -0.4 is 0 Å². The first-order chi connectivity index (χ1) is 6.70. The zero-order valence-electron chi connectivity index (χ0n) is 8.92. The van der Waals surface area contributed by atoms with Crippen LogP contribution in [0, 0.1) is 0 Å². The molecule has 0 amide bonds. The van der Waals surface area contributed by atoms with E-state index in [0.29, 0.717) is 25.0 Å². The lowest BCUT2D eigenvalue weighted by Crippen LogP contribution is -2.02. The molecule has 0 heterocycles. The minimum absolute atomic E-state index is 0.0619. The summed E-state index contributed by atoms with van der Waals surface area (Å²) in [6.45, 7) is 1.93. The Balaban J connectivity index is 3.28. The normalized spacial score (nSPS) is 10.1. The van der Waals surface area contributed by atoms with Crippen LogP contribution in [0.4, 0.5) is 0 Å². The number of carbonyl (C=O) groups excluding carboxylic acids is 2. The van der Waals surface area contributed by atoms with Crippen molar-refractivity contribution in [3.63, 3.8) is 0 Å². The van der Waals surface area contributed by atoms with Gasteiger partial charge in [-0.1, -0.05) is 6.92 Å². The second kappa shape index (κ2) is 8.88. The number of aliphatic hydroxyl groups excluding tert-OH is 1. The first-order valence-corrected chi connectivity index (χ1v) is 5.35. The molecule has 0 aromatic heterocycles. The second-order valence-corrected chi connectivity index (χ2v) is 3.51. The lowest BCUT2D eigenvalue weighted by Gasteiger charge is -1.99. The molecule has 0 aliphatic carbocycles. The van der Waals surface area contributed by atoms with Crippen LogP contribution in [0.25, 0.3) is 0 Å². The van der Waals surface area contributed by atoms with Crippen LogP contribution in [0.3, 0.4) is 0 Å². The van der Waals surface area contributed by atoms with Gasteiger partial charge in [0.15, 0.2) is 0 Å². The van der Waals surface area contributed by atoms with E-state index in [-0.39, 0.29) is 18.8 Å². The number of ketones is 2. The quantitative estimate of drug-likeness (QED) is 0.578. The van der Waals surface area contributed by atoms with Crippen molar-refractivity contribution in [3.8, 4) is 0 Å². The summed E-state index contributed by atoms with van der Waals surface area (Å²) in [7, 11) is 0. The second-order valence-electron chi connectivity index (χ2n) is 3.51. The molecule has 0 aromatic carbocycles. The molecule has 0 fully saturated rings. The highest BCUT2D eigenvalue weighted by Crippen LogP contribution is 2.05. The molecular formula is C11H20O3. The van der Waals surface area contributed by atoms with E-state index >= 15 is 0 Å². The molecule has 14 heavy (non-hydrogen) atoms. The van der Waals surface area contributed by atoms with Gasteiger partial charge in [-0.15, -0.1) is 0 Å². The van der Waals surface area contributed by atoms with Crippen molar-refractivity contribution < 1.29 is 14.7 Å². The van der Waals surface area contributed by atoms with Crippen LogP contribution in [0.1, 0.15) is 51.9 Å². The number of Topliss-reactive ketones (excluding diaryl/α,β-unsaturated/α-hetero) is 2. The molecule has 0 bridgehead atoms. The van der Waals surface area contributed by atoms with Crippen molar-refractivity contribution in [3.05, 3.63) is 0 Å². The fourth-order valence-electron chi connectivity index (χ4n) is 1.30. The maximum absolute atomic E-state index is 11.1. The predicted molar refractivity (Wildman–Crippen MR) is 55.1 cm³/mol. The third kappa shape index (κ3) is 7.92. The van der Waals surface area contributed by atoms with Gasteiger partial charge < -0.3 is 5.11 Å². The first-order valence-electron chi connectivity index (χ1n) is 5.35. The van der Waals surface area contributed by atoms with E-state index in [1.807, 2.05) is 6.92 Å². The highest BCUT2D eigenvalue weighted by molar-refractivity contribution is 5.79. The van der Waals surface area contributed by atoms with E-state index in [2.05, 4.69) is 0 Å². The zero-order chi connectivity index (χ0) is 10.8. The Kier molecular flexibility index (Phi) is 8.43. The van der Waals surface area contributed by atoms with Gasteiger partial charge in [-0.05, 0) is 19.3 Å². The van der Waals surface area contributed by atoms with E-state index in [4.69, 9.17) is 5.11 Å². The van der Waals surface area contributed by atoms with E-state index in [0.717, 1.165) is 19.3 Å². The third-order valence-electron chi connectivity index (χ3n) is 2.08. The van der Waals surface area contributed by atoms with E-state index in [1.54, 1.807) is 0 Å². The molecule has 0 aliphatic rings. The van der Waals surface area contributed by atoms with Gasteiger partial charge >= 0.3 is 0 Å². The topological polar surface area (TPSA) is 54.4 Å². The molecule has 0 aromatic rings. The molecule has 82 valence electrons. The predicted octanol–water partition coefficient (Wildman–Crippen LogP) is 1.87. The minimum Gasteiger partial charge on any atom is -0.396 e. The first kappa shape index (κ1) is 13.3. The molecule has 3 nitrogen and oxygen atoms in total. The number of carbonyl (C=O) groups is 2. The number of rotatable bonds is 9. The fraction of sp³-hybridized carbons (Fsp3) is 0.818. The Morgan fingerprint density at radius 1 is 0.929 bits per heavy atom. The molecule has 3 heteroatoms. The van der Waals surface area contributed by atoms with Crippen LogP contribution in [-0.2, 0) is 9.59 Å². The minimum atomic E-state index is -0.0619. The van der Waals surface area contributed by atoms with Gasteiger partial charge in [0.1, 0.15) is 11.6 Å². The van der Waals surface area contributed by atoms with Gasteiger partial charge in [-0.3, -0.25) is 9.59 Å². The lowest BCUT2D eigenvalue weighted by atomic mass is 10.1. The standard InChI is InChI=1S/C11H20O3/c1-2-5-10(13)6-3-4-7-11(14)8-9-12/h12H,2-9H2,1H3. The van der Waals surface area contributed by atoms with Crippen molar-refractivity contribution in [2.75, 3.05) is 6.61 Å². The Bertz CT molecular complexity index is 155. The molecule has 0 unspecified atom stereocenters. The summed E-state index contributed by atoms with van der Waals surface area (Å²) in [5.41, 5.74) is 0. The van der Waals surface area contributed by atoms with Gasteiger partial charge in [-0.2, -0.15) is 0 Å². The summed E-state index contributed by atoms with van der Waals surface area (Å²) in [6, 6.07) is 0. The molecular weight excluding hydrogens is 180 g/mol. The van der Waals surface area contributed by atoms with Crippen molar-refractivity contribution in [1.82, 2.24) is 0 Å². The molecule has 0 atom stereocenters. The molecule has 0 saturated heterocycles. The van der Waals surface area contributed by atoms with Gasteiger partial charge in [0, 0.05) is 32.3 Å². The maximum Gasteiger partial charge on any atom is 0.135 e. The summed E-state index contributed by atoms with van der Waals surface area (Å²) in [4.78, 5) is 22.1.